The third kappa shape index (κ3) is 6.76. The molecule has 0 fully saturated rings. The number of hydrogen-bond donors (Lipinski definition) is 2. The molecule has 0 aromatic carbocycles. The Morgan fingerprint density at radius 2 is 2.33 bits per heavy atom. The first kappa shape index (κ1) is 15.2. The Labute approximate surface area is 115 Å². The molecule has 0 aliphatic carbocycles. The largest absolute Gasteiger partial charge is 0.394 e. The van der Waals surface area contributed by atoms with Crippen LogP contribution in [-0.4, -0.2) is 37.4 Å². The molecule has 0 aliphatic heterocycles. The Kier molecular flexibility index (Phi) is 7.68. The molecule has 1 amide bonds. The van der Waals surface area contributed by atoms with Gasteiger partial charge in [0.05, 0.1) is 17.6 Å². The van der Waals surface area contributed by atoms with E-state index in [-0.39, 0.29) is 12.5 Å². The predicted molar refractivity (Wildman–Crippen MR) is 73.9 cm³/mol. The molecule has 0 atom stereocenters. The van der Waals surface area contributed by atoms with Crippen LogP contribution in [0.5, 0.6) is 0 Å². The number of carbonyl (C=O) groups is 1. The molecule has 0 saturated heterocycles. The number of aliphatic hydroxyl groups is 1. The molecule has 0 spiro atoms. The summed E-state index contributed by atoms with van der Waals surface area (Å²) in [7, 11) is 0. The lowest BCUT2D eigenvalue weighted by Crippen LogP contribution is -2.23. The zero-order valence-corrected chi connectivity index (χ0v) is 11.5. The van der Waals surface area contributed by atoms with E-state index < -0.39 is 0 Å². The summed E-state index contributed by atoms with van der Waals surface area (Å²) in [4.78, 5) is 12.4. The van der Waals surface area contributed by atoms with Gasteiger partial charge in [-0.05, 0) is 24.6 Å². The van der Waals surface area contributed by atoms with Crippen LogP contribution in [0, 0.1) is 0 Å². The van der Waals surface area contributed by atoms with Crippen molar-refractivity contribution in [3.05, 3.63) is 27.4 Å². The van der Waals surface area contributed by atoms with Gasteiger partial charge in [0, 0.05) is 24.1 Å². The van der Waals surface area contributed by atoms with Crippen molar-refractivity contribution in [3.63, 3.8) is 0 Å². The summed E-state index contributed by atoms with van der Waals surface area (Å²) >= 11 is 7.19. The molecule has 1 heterocycles. The maximum absolute atomic E-state index is 11.4. The Morgan fingerprint density at radius 3 is 3.00 bits per heavy atom. The third-order valence-corrected chi connectivity index (χ3v) is 3.19. The van der Waals surface area contributed by atoms with Crippen LogP contribution in [0.1, 0.15) is 11.3 Å². The minimum Gasteiger partial charge on any atom is -0.394 e. The van der Waals surface area contributed by atoms with Gasteiger partial charge in [-0.25, -0.2) is 0 Å². The highest BCUT2D eigenvalue weighted by Crippen LogP contribution is 2.22. The minimum absolute atomic E-state index is 0.0263. The summed E-state index contributed by atoms with van der Waals surface area (Å²) < 4.78 is 5.77. The molecule has 0 unspecified atom stereocenters. The second-order valence-electron chi connectivity index (χ2n) is 3.46. The average molecular weight is 290 g/mol. The van der Waals surface area contributed by atoms with Crippen LogP contribution >= 0.6 is 22.9 Å². The normalized spacial score (nSPS) is 11.0. The van der Waals surface area contributed by atoms with Crippen molar-refractivity contribution in [1.29, 1.82) is 0 Å². The zero-order valence-electron chi connectivity index (χ0n) is 9.89. The van der Waals surface area contributed by atoms with E-state index in [1.807, 2.05) is 6.07 Å². The van der Waals surface area contributed by atoms with Crippen molar-refractivity contribution in [2.75, 3.05) is 26.4 Å². The number of ether oxygens (including phenoxy) is 1. The number of carbonyl (C=O) groups excluding carboxylic acids is 1. The molecular weight excluding hydrogens is 274 g/mol. The first-order valence-corrected chi connectivity index (χ1v) is 6.81. The second kappa shape index (κ2) is 9.10. The second-order valence-corrected chi connectivity index (χ2v) is 5.20. The van der Waals surface area contributed by atoms with E-state index in [1.165, 1.54) is 17.4 Å². The van der Waals surface area contributed by atoms with Gasteiger partial charge in [-0.1, -0.05) is 11.6 Å². The van der Waals surface area contributed by atoms with E-state index in [4.69, 9.17) is 21.4 Å². The minimum atomic E-state index is -0.137. The molecule has 0 aliphatic rings. The molecule has 0 radical (unpaired) electrons. The van der Waals surface area contributed by atoms with Crippen molar-refractivity contribution in [3.8, 4) is 0 Å². The molecule has 2 N–H and O–H groups in total. The van der Waals surface area contributed by atoms with Crippen molar-refractivity contribution in [2.24, 2.45) is 0 Å². The summed E-state index contributed by atoms with van der Waals surface area (Å²) in [5.74, 6) is -0.137. The molecule has 1 rings (SSSR count). The van der Waals surface area contributed by atoms with Gasteiger partial charge in [0.15, 0.2) is 0 Å². The van der Waals surface area contributed by atoms with Crippen molar-refractivity contribution >= 4 is 34.9 Å². The fourth-order valence-corrected chi connectivity index (χ4v) is 2.15. The number of thiophene rings is 1. The summed E-state index contributed by atoms with van der Waals surface area (Å²) in [6.45, 7) is 1.45. The molecule has 0 bridgehead atoms. The number of aliphatic hydroxyl groups excluding tert-OH is 1. The molecule has 18 heavy (non-hydrogen) atoms. The van der Waals surface area contributed by atoms with E-state index >= 15 is 0 Å². The zero-order chi connectivity index (χ0) is 13.2. The first-order chi connectivity index (χ1) is 8.72. The summed E-state index contributed by atoms with van der Waals surface area (Å²) in [6, 6.07) is 3.65. The lowest BCUT2D eigenvalue weighted by molar-refractivity contribution is -0.116. The third-order valence-electron chi connectivity index (χ3n) is 1.99. The van der Waals surface area contributed by atoms with Crippen LogP contribution in [-0.2, 0) is 9.53 Å². The van der Waals surface area contributed by atoms with Crippen LogP contribution in [0.4, 0.5) is 0 Å². The van der Waals surface area contributed by atoms with Gasteiger partial charge in [0.25, 0.3) is 0 Å². The maximum Gasteiger partial charge on any atom is 0.244 e. The van der Waals surface area contributed by atoms with E-state index in [1.54, 1.807) is 12.1 Å². The van der Waals surface area contributed by atoms with Crippen LogP contribution in [0.2, 0.25) is 4.34 Å². The van der Waals surface area contributed by atoms with Gasteiger partial charge in [-0.15, -0.1) is 11.3 Å². The molecule has 1 aromatic heterocycles. The van der Waals surface area contributed by atoms with Gasteiger partial charge < -0.3 is 15.2 Å². The van der Waals surface area contributed by atoms with E-state index in [2.05, 4.69) is 5.32 Å². The Bertz CT molecular complexity index is 392. The molecule has 100 valence electrons. The summed E-state index contributed by atoms with van der Waals surface area (Å²) in [5.41, 5.74) is 0. The van der Waals surface area contributed by atoms with Crippen LogP contribution in [0.15, 0.2) is 18.2 Å². The number of halogens is 1. The summed E-state index contributed by atoms with van der Waals surface area (Å²) in [6.07, 6.45) is 3.94. The number of rotatable bonds is 8. The standard InChI is InChI=1S/C12H16ClNO3S/c13-11-4-2-10(18-11)3-5-12(16)14-6-1-8-17-9-7-15/h2-5,15H,1,6-9H2,(H,14,16)/b5-3+. The maximum atomic E-state index is 11.4. The van der Waals surface area contributed by atoms with E-state index in [0.717, 1.165) is 11.3 Å². The average Bonchev–Trinajstić information content (AvgIpc) is 2.77. The number of nitrogens with one attached hydrogen (secondary N) is 1. The van der Waals surface area contributed by atoms with Gasteiger partial charge in [-0.2, -0.15) is 0 Å². The van der Waals surface area contributed by atoms with Gasteiger partial charge in [-0.3, -0.25) is 4.79 Å². The van der Waals surface area contributed by atoms with E-state index in [9.17, 15) is 4.79 Å². The highest BCUT2D eigenvalue weighted by atomic mass is 35.5. The Hall–Kier alpha value is -0.880. The Morgan fingerprint density at radius 1 is 1.50 bits per heavy atom. The predicted octanol–water partition coefficient (Wildman–Crippen LogP) is 1.93. The van der Waals surface area contributed by atoms with Gasteiger partial charge >= 0.3 is 0 Å². The van der Waals surface area contributed by atoms with Crippen LogP contribution in [0.25, 0.3) is 6.08 Å². The van der Waals surface area contributed by atoms with Crippen molar-refractivity contribution in [2.45, 2.75) is 6.42 Å². The first-order valence-electron chi connectivity index (χ1n) is 5.62. The van der Waals surface area contributed by atoms with Gasteiger partial charge in [0.2, 0.25) is 5.91 Å². The highest BCUT2D eigenvalue weighted by Gasteiger charge is 1.97. The smallest absolute Gasteiger partial charge is 0.244 e. The number of amides is 1. The molecule has 4 nitrogen and oxygen atoms in total. The molecule has 0 saturated carbocycles. The highest BCUT2D eigenvalue weighted by molar-refractivity contribution is 7.17. The van der Waals surface area contributed by atoms with Crippen molar-refractivity contribution < 1.29 is 14.6 Å². The van der Waals surface area contributed by atoms with Crippen LogP contribution < -0.4 is 5.32 Å². The molecule has 6 heteroatoms. The van der Waals surface area contributed by atoms with Crippen LogP contribution in [0.3, 0.4) is 0 Å². The fraction of sp³-hybridized carbons (Fsp3) is 0.417. The fourth-order valence-electron chi connectivity index (χ4n) is 1.19. The summed E-state index contributed by atoms with van der Waals surface area (Å²) in [5, 5.41) is 11.2. The van der Waals surface area contributed by atoms with Gasteiger partial charge in [0.1, 0.15) is 0 Å². The molecule has 1 aromatic rings. The lowest BCUT2D eigenvalue weighted by atomic mass is 10.4. The topological polar surface area (TPSA) is 58.6 Å². The van der Waals surface area contributed by atoms with E-state index in [0.29, 0.717) is 24.1 Å². The lowest BCUT2D eigenvalue weighted by Gasteiger charge is -2.02. The Balaban J connectivity index is 2.12. The number of hydrogen-bond acceptors (Lipinski definition) is 4. The molecular formula is C12H16ClNO3S. The van der Waals surface area contributed by atoms with Crippen molar-refractivity contribution in [1.82, 2.24) is 5.32 Å². The monoisotopic (exact) mass is 289 g/mol. The SMILES string of the molecule is O=C(/C=C/c1ccc(Cl)s1)NCCCOCCO. The quantitative estimate of drug-likeness (QED) is 0.568.